The van der Waals surface area contributed by atoms with Crippen LogP contribution in [0.15, 0.2) is 48.6 Å². The molecule has 0 heterocycles. The normalized spacial score (nSPS) is 12.3. The smallest absolute Gasteiger partial charge is 0.306 e. The molecule has 6 heteroatoms. The van der Waals surface area contributed by atoms with Crippen LogP contribution in [0.1, 0.15) is 303 Å². The number of esters is 3. The van der Waals surface area contributed by atoms with Crippen LogP contribution in [0.2, 0.25) is 0 Å². The molecule has 0 fully saturated rings. The molecule has 0 saturated heterocycles. The lowest BCUT2D eigenvalue weighted by Crippen LogP contribution is -2.30. The maximum Gasteiger partial charge on any atom is 0.306 e. The van der Waals surface area contributed by atoms with Crippen molar-refractivity contribution in [2.45, 2.75) is 309 Å². The molecule has 0 rings (SSSR count). The molecular formula is C61H110O6. The first-order valence-corrected chi connectivity index (χ1v) is 29.1. The second-order valence-corrected chi connectivity index (χ2v) is 19.5. The van der Waals surface area contributed by atoms with Crippen LogP contribution in [0.3, 0.4) is 0 Å². The van der Waals surface area contributed by atoms with Gasteiger partial charge in [0.15, 0.2) is 6.10 Å². The molecule has 0 N–H and O–H groups in total. The Labute approximate surface area is 416 Å². The van der Waals surface area contributed by atoms with Crippen molar-refractivity contribution < 1.29 is 28.6 Å². The molecule has 1 atom stereocenters. The lowest BCUT2D eigenvalue weighted by molar-refractivity contribution is -0.167. The number of ether oxygens (including phenoxy) is 3. The molecule has 0 saturated carbocycles. The highest BCUT2D eigenvalue weighted by atomic mass is 16.6. The molecule has 0 aromatic heterocycles. The Balaban J connectivity index is 4.38. The molecule has 0 aromatic rings. The van der Waals surface area contributed by atoms with Gasteiger partial charge < -0.3 is 14.2 Å². The first-order valence-electron chi connectivity index (χ1n) is 29.1. The summed E-state index contributed by atoms with van der Waals surface area (Å²) >= 11 is 0. The molecule has 0 aliphatic heterocycles. The molecule has 67 heavy (non-hydrogen) atoms. The summed E-state index contributed by atoms with van der Waals surface area (Å²) in [7, 11) is 0. The lowest BCUT2D eigenvalue weighted by atomic mass is 10.1. The Bertz CT molecular complexity index is 1170. The average molecular weight is 940 g/mol. The Kier molecular flexibility index (Phi) is 53.8. The van der Waals surface area contributed by atoms with Crippen LogP contribution in [0.25, 0.3) is 0 Å². The van der Waals surface area contributed by atoms with Crippen LogP contribution < -0.4 is 0 Å². The van der Waals surface area contributed by atoms with Crippen molar-refractivity contribution in [1.29, 1.82) is 0 Å². The van der Waals surface area contributed by atoms with Gasteiger partial charge in [-0.2, -0.15) is 0 Å². The fraction of sp³-hybridized carbons (Fsp3) is 0.820. The molecular weight excluding hydrogens is 829 g/mol. The fourth-order valence-corrected chi connectivity index (χ4v) is 8.35. The highest BCUT2D eigenvalue weighted by Gasteiger charge is 2.19. The summed E-state index contributed by atoms with van der Waals surface area (Å²) in [5, 5.41) is 0. The van der Waals surface area contributed by atoms with E-state index >= 15 is 0 Å². The Morgan fingerprint density at radius 3 is 0.881 bits per heavy atom. The van der Waals surface area contributed by atoms with Gasteiger partial charge in [-0.25, -0.2) is 0 Å². The maximum absolute atomic E-state index is 12.9. The van der Waals surface area contributed by atoms with Crippen molar-refractivity contribution >= 4 is 17.9 Å². The van der Waals surface area contributed by atoms with E-state index in [2.05, 4.69) is 69.4 Å². The quantitative estimate of drug-likeness (QED) is 0.0262. The standard InChI is InChI=1S/C61H110O6/c1-4-7-10-13-16-19-22-25-28-30-33-36-39-42-45-48-51-54-60(63)66-57-58(56-65-59(62)53-50-47-44-41-38-35-32-27-24-21-18-15-12-9-6-3)67-61(64)55-52-49-46-43-40-37-34-31-29-26-23-20-17-14-11-8-5-2/h16,19,21,24-26,28-29,58H,4-15,17-18,20,22-23,27,30-57H2,1-3H3/b19-16-,24-21-,28-25-,29-26-. The molecule has 6 nitrogen and oxygen atoms in total. The molecule has 0 aliphatic rings. The minimum absolute atomic E-state index is 0.0781. The minimum Gasteiger partial charge on any atom is -0.462 e. The largest absolute Gasteiger partial charge is 0.462 e. The van der Waals surface area contributed by atoms with E-state index in [1.165, 1.54) is 193 Å². The third kappa shape index (κ3) is 54.2. The zero-order valence-corrected chi connectivity index (χ0v) is 44.7. The number of hydrogen-bond donors (Lipinski definition) is 0. The predicted octanol–water partition coefficient (Wildman–Crippen LogP) is 19.4. The van der Waals surface area contributed by atoms with Crippen molar-refractivity contribution in [2.75, 3.05) is 13.2 Å². The number of carbonyl (C=O) groups is 3. The summed E-state index contributed by atoms with van der Waals surface area (Å²) in [4.78, 5) is 38.2. The summed E-state index contributed by atoms with van der Waals surface area (Å²) in [5.41, 5.74) is 0. The predicted molar refractivity (Wildman–Crippen MR) is 289 cm³/mol. The van der Waals surface area contributed by atoms with Gasteiger partial charge in [-0.1, -0.05) is 230 Å². The summed E-state index contributed by atoms with van der Waals surface area (Å²) < 4.78 is 16.9. The second kappa shape index (κ2) is 56.0. The van der Waals surface area contributed by atoms with Gasteiger partial charge in [-0.05, 0) is 103 Å². The Hall–Kier alpha value is -2.63. The summed E-state index contributed by atoms with van der Waals surface area (Å²) in [6.07, 6.45) is 68.1. The van der Waals surface area contributed by atoms with E-state index in [1.54, 1.807) is 0 Å². The van der Waals surface area contributed by atoms with Crippen LogP contribution in [0.4, 0.5) is 0 Å². The van der Waals surface area contributed by atoms with Crippen LogP contribution in [-0.4, -0.2) is 37.2 Å². The third-order valence-electron chi connectivity index (χ3n) is 12.8. The van der Waals surface area contributed by atoms with Crippen molar-refractivity contribution in [2.24, 2.45) is 0 Å². The van der Waals surface area contributed by atoms with E-state index < -0.39 is 6.10 Å². The number of carbonyl (C=O) groups excluding carboxylic acids is 3. The fourth-order valence-electron chi connectivity index (χ4n) is 8.35. The molecule has 0 aromatic carbocycles. The highest BCUT2D eigenvalue weighted by Crippen LogP contribution is 2.15. The average Bonchev–Trinajstić information content (AvgIpc) is 3.33. The van der Waals surface area contributed by atoms with Crippen LogP contribution in [0.5, 0.6) is 0 Å². The summed E-state index contributed by atoms with van der Waals surface area (Å²) in [5.74, 6) is -0.881. The van der Waals surface area contributed by atoms with Gasteiger partial charge in [-0.3, -0.25) is 14.4 Å². The van der Waals surface area contributed by atoms with Gasteiger partial charge in [0.25, 0.3) is 0 Å². The topological polar surface area (TPSA) is 78.9 Å². The number of rotatable bonds is 53. The number of hydrogen-bond acceptors (Lipinski definition) is 6. The van der Waals surface area contributed by atoms with Crippen molar-refractivity contribution in [1.82, 2.24) is 0 Å². The zero-order valence-electron chi connectivity index (χ0n) is 44.7. The molecule has 390 valence electrons. The first-order chi connectivity index (χ1) is 33.0. The van der Waals surface area contributed by atoms with Gasteiger partial charge in [0.2, 0.25) is 0 Å². The van der Waals surface area contributed by atoms with Crippen LogP contribution in [-0.2, 0) is 28.6 Å². The summed E-state index contributed by atoms with van der Waals surface area (Å²) in [6, 6.07) is 0. The van der Waals surface area contributed by atoms with E-state index in [-0.39, 0.29) is 31.1 Å². The Morgan fingerprint density at radius 1 is 0.299 bits per heavy atom. The van der Waals surface area contributed by atoms with Crippen molar-refractivity contribution in [3.63, 3.8) is 0 Å². The molecule has 1 unspecified atom stereocenters. The lowest BCUT2D eigenvalue weighted by Gasteiger charge is -2.18. The number of unbranched alkanes of at least 4 members (excludes halogenated alkanes) is 34. The van der Waals surface area contributed by atoms with Crippen molar-refractivity contribution in [3.05, 3.63) is 48.6 Å². The highest BCUT2D eigenvalue weighted by molar-refractivity contribution is 5.71. The van der Waals surface area contributed by atoms with E-state index in [9.17, 15) is 14.4 Å². The van der Waals surface area contributed by atoms with Gasteiger partial charge in [0.1, 0.15) is 13.2 Å². The van der Waals surface area contributed by atoms with Gasteiger partial charge >= 0.3 is 17.9 Å². The van der Waals surface area contributed by atoms with Crippen LogP contribution in [0, 0.1) is 0 Å². The van der Waals surface area contributed by atoms with E-state index in [4.69, 9.17) is 14.2 Å². The summed E-state index contributed by atoms with van der Waals surface area (Å²) in [6.45, 7) is 6.62. The molecule has 0 radical (unpaired) electrons. The molecule has 0 spiro atoms. The van der Waals surface area contributed by atoms with E-state index in [0.717, 1.165) is 70.6 Å². The molecule has 0 aliphatic carbocycles. The molecule has 0 amide bonds. The van der Waals surface area contributed by atoms with Gasteiger partial charge in [-0.15, -0.1) is 0 Å². The first kappa shape index (κ1) is 64.4. The van der Waals surface area contributed by atoms with Crippen LogP contribution >= 0.6 is 0 Å². The van der Waals surface area contributed by atoms with Gasteiger partial charge in [0.05, 0.1) is 0 Å². The Morgan fingerprint density at radius 2 is 0.537 bits per heavy atom. The van der Waals surface area contributed by atoms with Gasteiger partial charge in [0, 0.05) is 19.3 Å². The number of allylic oxidation sites excluding steroid dienone is 8. The molecule has 0 bridgehead atoms. The zero-order chi connectivity index (χ0) is 48.6. The second-order valence-electron chi connectivity index (χ2n) is 19.5. The van der Waals surface area contributed by atoms with E-state index in [1.807, 2.05) is 0 Å². The minimum atomic E-state index is -0.780. The third-order valence-corrected chi connectivity index (χ3v) is 12.8. The monoisotopic (exact) mass is 939 g/mol. The SMILES string of the molecule is CCCCC/C=C\C/C=C\CCCCCCCCCC(=O)OCC(COC(=O)CCCCCCCCC/C=C\CCCCCC)OC(=O)CCCCCCCCC/C=C\CCCCCCCC. The maximum atomic E-state index is 12.9. The van der Waals surface area contributed by atoms with Crippen molar-refractivity contribution in [3.8, 4) is 0 Å². The van der Waals surface area contributed by atoms with E-state index in [0.29, 0.717) is 19.3 Å².